The monoisotopic (exact) mass is 261 g/mol. The van der Waals surface area contributed by atoms with Gasteiger partial charge >= 0.3 is 5.97 Å². The molecular formula is C13H15N3O3. The van der Waals surface area contributed by atoms with Gasteiger partial charge in [-0.3, -0.25) is 0 Å². The van der Waals surface area contributed by atoms with Crippen LogP contribution in [0.25, 0.3) is 6.08 Å². The molecule has 0 aromatic carbocycles. The second kappa shape index (κ2) is 5.90. The predicted molar refractivity (Wildman–Crippen MR) is 70.1 cm³/mol. The van der Waals surface area contributed by atoms with Gasteiger partial charge in [0.05, 0.1) is 19.1 Å². The lowest BCUT2D eigenvalue weighted by molar-refractivity contribution is -0.137. The number of nitrogens with zero attached hydrogens (tertiary/aromatic N) is 2. The Balaban J connectivity index is 2.08. The lowest BCUT2D eigenvalue weighted by Gasteiger charge is -2.01. The molecule has 6 nitrogen and oxygen atoms in total. The van der Waals surface area contributed by atoms with Crippen molar-refractivity contribution in [3.63, 3.8) is 0 Å². The van der Waals surface area contributed by atoms with Crippen LogP contribution >= 0.6 is 0 Å². The van der Waals surface area contributed by atoms with Crippen LogP contribution in [0.5, 0.6) is 0 Å². The zero-order chi connectivity index (χ0) is 13.7. The van der Waals surface area contributed by atoms with Crippen LogP contribution in [0.4, 0.5) is 5.82 Å². The Kier molecular flexibility index (Phi) is 4.02. The van der Waals surface area contributed by atoms with Gasteiger partial charge in [-0.05, 0) is 25.1 Å². The molecule has 0 unspecified atom stereocenters. The first kappa shape index (κ1) is 12.9. The lowest BCUT2D eigenvalue weighted by Crippen LogP contribution is -2.05. The van der Waals surface area contributed by atoms with E-state index in [4.69, 9.17) is 14.9 Å². The van der Waals surface area contributed by atoms with Crippen LogP contribution in [0.2, 0.25) is 0 Å². The largest absolute Gasteiger partial charge is 0.467 e. The van der Waals surface area contributed by atoms with E-state index in [1.165, 1.54) is 6.08 Å². The molecule has 2 aromatic heterocycles. The van der Waals surface area contributed by atoms with Crippen molar-refractivity contribution >= 4 is 17.9 Å². The highest BCUT2D eigenvalue weighted by Crippen LogP contribution is 2.15. The van der Waals surface area contributed by atoms with E-state index in [1.54, 1.807) is 36.2 Å². The molecular weight excluding hydrogens is 246 g/mol. The average molecular weight is 261 g/mol. The summed E-state index contributed by atoms with van der Waals surface area (Å²) in [5.41, 5.74) is 6.60. The van der Waals surface area contributed by atoms with E-state index in [1.807, 2.05) is 6.07 Å². The first-order valence-corrected chi connectivity index (χ1v) is 5.89. The number of carbonyl (C=O) groups excluding carboxylic acids is 1. The van der Waals surface area contributed by atoms with Crippen molar-refractivity contribution in [1.82, 2.24) is 9.78 Å². The number of nitrogens with two attached hydrogens (primary N) is 1. The first-order valence-electron chi connectivity index (χ1n) is 5.89. The number of anilines is 1. The van der Waals surface area contributed by atoms with E-state index < -0.39 is 5.97 Å². The standard InChI is InChI=1S/C13H15N3O3/c1-2-18-12(17)6-5-10-8-15-16(13(10)14)9-11-4-3-7-19-11/h3-8H,2,9,14H2,1H3/b6-5+. The zero-order valence-electron chi connectivity index (χ0n) is 10.6. The highest BCUT2D eigenvalue weighted by Gasteiger charge is 2.07. The molecule has 0 saturated heterocycles. The Labute approximate surface area is 110 Å². The number of esters is 1. The van der Waals surface area contributed by atoms with Crippen LogP contribution in [0.3, 0.4) is 0 Å². The van der Waals surface area contributed by atoms with Crippen molar-refractivity contribution < 1.29 is 13.9 Å². The molecule has 2 aromatic rings. The summed E-state index contributed by atoms with van der Waals surface area (Å²) in [4.78, 5) is 11.2. The summed E-state index contributed by atoms with van der Waals surface area (Å²) in [5, 5.41) is 4.14. The molecule has 0 aliphatic rings. The molecule has 2 heterocycles. The summed E-state index contributed by atoms with van der Waals surface area (Å²) in [6.07, 6.45) is 6.09. The van der Waals surface area contributed by atoms with Crippen molar-refractivity contribution in [2.45, 2.75) is 13.5 Å². The van der Waals surface area contributed by atoms with Crippen molar-refractivity contribution in [3.8, 4) is 0 Å². The Morgan fingerprint density at radius 3 is 3.16 bits per heavy atom. The van der Waals surface area contributed by atoms with Gasteiger partial charge in [-0.25, -0.2) is 9.48 Å². The maximum atomic E-state index is 11.2. The molecule has 0 bridgehead atoms. The maximum absolute atomic E-state index is 11.2. The molecule has 0 atom stereocenters. The van der Waals surface area contributed by atoms with E-state index in [2.05, 4.69) is 5.10 Å². The summed E-state index contributed by atoms with van der Waals surface area (Å²) in [6.45, 7) is 2.55. The van der Waals surface area contributed by atoms with Crippen LogP contribution in [-0.4, -0.2) is 22.4 Å². The number of hydrogen-bond acceptors (Lipinski definition) is 5. The van der Waals surface area contributed by atoms with Crippen LogP contribution in [0.15, 0.2) is 35.1 Å². The Morgan fingerprint density at radius 2 is 2.47 bits per heavy atom. The van der Waals surface area contributed by atoms with Gasteiger partial charge in [0.25, 0.3) is 0 Å². The Morgan fingerprint density at radius 1 is 1.63 bits per heavy atom. The summed E-state index contributed by atoms with van der Waals surface area (Å²) in [6, 6.07) is 3.64. The van der Waals surface area contributed by atoms with Crippen LogP contribution in [0.1, 0.15) is 18.2 Å². The lowest BCUT2D eigenvalue weighted by atomic mass is 10.3. The van der Waals surface area contributed by atoms with Gasteiger partial charge in [0, 0.05) is 11.6 Å². The highest BCUT2D eigenvalue weighted by molar-refractivity contribution is 5.87. The zero-order valence-corrected chi connectivity index (χ0v) is 10.6. The first-order chi connectivity index (χ1) is 9.20. The second-order valence-corrected chi connectivity index (χ2v) is 3.81. The predicted octanol–water partition coefficient (Wildman–Crippen LogP) is 1.68. The quantitative estimate of drug-likeness (QED) is 0.654. The maximum Gasteiger partial charge on any atom is 0.330 e. The molecule has 0 saturated carbocycles. The third-order valence-corrected chi connectivity index (χ3v) is 2.48. The van der Waals surface area contributed by atoms with Crippen molar-refractivity contribution in [2.75, 3.05) is 12.3 Å². The van der Waals surface area contributed by atoms with Crippen molar-refractivity contribution in [2.24, 2.45) is 0 Å². The number of aromatic nitrogens is 2. The van der Waals surface area contributed by atoms with Gasteiger partial charge in [0.15, 0.2) is 0 Å². The summed E-state index contributed by atoms with van der Waals surface area (Å²) < 4.78 is 11.6. The van der Waals surface area contributed by atoms with E-state index in [9.17, 15) is 4.79 Å². The normalized spacial score (nSPS) is 11.0. The molecule has 2 N–H and O–H groups in total. The second-order valence-electron chi connectivity index (χ2n) is 3.81. The fourth-order valence-corrected chi connectivity index (χ4v) is 1.56. The fraction of sp³-hybridized carbons (Fsp3) is 0.231. The van der Waals surface area contributed by atoms with Crippen LogP contribution < -0.4 is 5.73 Å². The number of carbonyl (C=O) groups is 1. The molecule has 6 heteroatoms. The smallest absolute Gasteiger partial charge is 0.330 e. The number of nitrogen functional groups attached to an aromatic ring is 1. The van der Waals surface area contributed by atoms with Crippen molar-refractivity contribution in [3.05, 3.63) is 42.0 Å². The highest BCUT2D eigenvalue weighted by atomic mass is 16.5. The third-order valence-electron chi connectivity index (χ3n) is 2.48. The topological polar surface area (TPSA) is 83.3 Å². The van der Waals surface area contributed by atoms with E-state index in [-0.39, 0.29) is 0 Å². The number of hydrogen-bond donors (Lipinski definition) is 1. The molecule has 0 fully saturated rings. The van der Waals surface area contributed by atoms with Gasteiger partial charge < -0.3 is 14.9 Å². The minimum atomic E-state index is -0.402. The van der Waals surface area contributed by atoms with E-state index in [0.29, 0.717) is 24.5 Å². The molecule has 19 heavy (non-hydrogen) atoms. The molecule has 0 aliphatic carbocycles. The number of furan rings is 1. The summed E-state index contributed by atoms with van der Waals surface area (Å²) >= 11 is 0. The number of rotatable bonds is 5. The van der Waals surface area contributed by atoms with Gasteiger partial charge in [-0.2, -0.15) is 5.10 Å². The van der Waals surface area contributed by atoms with Gasteiger partial charge in [-0.15, -0.1) is 0 Å². The fourth-order valence-electron chi connectivity index (χ4n) is 1.56. The van der Waals surface area contributed by atoms with Crippen LogP contribution in [-0.2, 0) is 16.1 Å². The van der Waals surface area contributed by atoms with E-state index >= 15 is 0 Å². The minimum Gasteiger partial charge on any atom is -0.467 e. The Hall–Kier alpha value is -2.50. The third kappa shape index (κ3) is 3.25. The Bertz CT molecular complexity index is 570. The molecule has 0 radical (unpaired) electrons. The van der Waals surface area contributed by atoms with E-state index in [0.717, 1.165) is 5.76 Å². The number of ether oxygens (including phenoxy) is 1. The molecule has 0 aliphatic heterocycles. The molecule has 0 spiro atoms. The SMILES string of the molecule is CCOC(=O)/C=C/c1cnn(Cc2ccco2)c1N. The van der Waals surface area contributed by atoms with Crippen LogP contribution in [0, 0.1) is 0 Å². The molecule has 100 valence electrons. The minimum absolute atomic E-state index is 0.344. The molecule has 2 rings (SSSR count). The average Bonchev–Trinajstić information content (AvgIpc) is 3.00. The molecule has 0 amide bonds. The van der Waals surface area contributed by atoms with Crippen molar-refractivity contribution in [1.29, 1.82) is 0 Å². The summed E-state index contributed by atoms with van der Waals surface area (Å²) in [7, 11) is 0. The summed E-state index contributed by atoms with van der Waals surface area (Å²) in [5.74, 6) is 0.827. The van der Waals surface area contributed by atoms with Gasteiger partial charge in [0.2, 0.25) is 0 Å². The van der Waals surface area contributed by atoms with Gasteiger partial charge in [-0.1, -0.05) is 0 Å². The van der Waals surface area contributed by atoms with Gasteiger partial charge in [0.1, 0.15) is 18.1 Å².